The second-order valence-corrected chi connectivity index (χ2v) is 7.07. The van der Waals surface area contributed by atoms with Crippen molar-refractivity contribution in [1.82, 2.24) is 5.32 Å². The van der Waals surface area contributed by atoms with Crippen LogP contribution in [0.15, 0.2) is 18.2 Å². The fourth-order valence-corrected chi connectivity index (χ4v) is 2.82. The van der Waals surface area contributed by atoms with Gasteiger partial charge in [-0.15, -0.1) is 0 Å². The van der Waals surface area contributed by atoms with Crippen molar-refractivity contribution < 1.29 is 14.3 Å². The lowest BCUT2D eigenvalue weighted by Crippen LogP contribution is -2.30. The van der Waals surface area contributed by atoms with Crippen LogP contribution in [0, 0.1) is 5.92 Å². The van der Waals surface area contributed by atoms with Gasteiger partial charge >= 0.3 is 6.09 Å². The Labute approximate surface area is 138 Å². The van der Waals surface area contributed by atoms with Crippen LogP contribution in [-0.2, 0) is 11.2 Å². The fourth-order valence-electron chi connectivity index (χ4n) is 2.82. The van der Waals surface area contributed by atoms with E-state index in [4.69, 9.17) is 9.47 Å². The zero-order valence-corrected chi connectivity index (χ0v) is 14.6. The number of rotatable bonds is 4. The number of amides is 1. The molecule has 0 bridgehead atoms. The highest BCUT2D eigenvalue weighted by Gasteiger charge is 2.18. The second-order valence-electron chi connectivity index (χ2n) is 7.07. The van der Waals surface area contributed by atoms with Crippen LogP contribution in [0.4, 0.5) is 10.5 Å². The molecule has 1 aromatic carbocycles. The molecule has 0 aliphatic carbocycles. The monoisotopic (exact) mass is 320 g/mol. The molecule has 0 radical (unpaired) electrons. The SMILES string of the molecule is COc1cc(NC(=O)OC(C)(C)C)ccc1CC1CCCNC1. The molecule has 1 amide bonds. The quantitative estimate of drug-likeness (QED) is 0.890. The minimum absolute atomic E-state index is 0.455. The number of ether oxygens (including phenoxy) is 2. The van der Waals surface area contributed by atoms with E-state index in [-0.39, 0.29) is 0 Å². The average molecular weight is 320 g/mol. The first-order valence-corrected chi connectivity index (χ1v) is 8.25. The maximum absolute atomic E-state index is 11.8. The lowest BCUT2D eigenvalue weighted by Gasteiger charge is -2.24. The van der Waals surface area contributed by atoms with Crippen LogP contribution in [0.2, 0.25) is 0 Å². The predicted octanol–water partition coefficient (Wildman–Crippen LogP) is 3.58. The Morgan fingerprint density at radius 3 is 2.78 bits per heavy atom. The van der Waals surface area contributed by atoms with Crippen molar-refractivity contribution in [2.24, 2.45) is 5.92 Å². The molecule has 2 rings (SSSR count). The van der Waals surface area contributed by atoms with Crippen molar-refractivity contribution in [3.63, 3.8) is 0 Å². The topological polar surface area (TPSA) is 59.6 Å². The van der Waals surface area contributed by atoms with Gasteiger partial charge in [0.05, 0.1) is 7.11 Å². The summed E-state index contributed by atoms with van der Waals surface area (Å²) in [5.41, 5.74) is 1.35. The maximum Gasteiger partial charge on any atom is 0.412 e. The summed E-state index contributed by atoms with van der Waals surface area (Å²) in [6.45, 7) is 7.70. The number of methoxy groups -OCH3 is 1. The lowest BCUT2D eigenvalue weighted by atomic mass is 9.92. The summed E-state index contributed by atoms with van der Waals surface area (Å²) in [5.74, 6) is 1.45. The van der Waals surface area contributed by atoms with Gasteiger partial charge in [-0.05, 0) is 70.7 Å². The van der Waals surface area contributed by atoms with Gasteiger partial charge in [0.15, 0.2) is 0 Å². The number of hydrogen-bond donors (Lipinski definition) is 2. The Hall–Kier alpha value is -1.75. The molecule has 5 nitrogen and oxygen atoms in total. The molecule has 1 aromatic rings. The van der Waals surface area contributed by atoms with Crippen LogP contribution in [0.3, 0.4) is 0 Å². The molecular formula is C18H28N2O3. The van der Waals surface area contributed by atoms with Gasteiger partial charge in [0, 0.05) is 11.8 Å². The van der Waals surface area contributed by atoms with Crippen molar-refractivity contribution in [2.45, 2.75) is 45.6 Å². The van der Waals surface area contributed by atoms with Crippen molar-refractivity contribution in [3.8, 4) is 5.75 Å². The van der Waals surface area contributed by atoms with E-state index in [2.05, 4.69) is 10.6 Å². The first kappa shape index (κ1) is 17.6. The predicted molar refractivity (Wildman–Crippen MR) is 92.1 cm³/mol. The van der Waals surface area contributed by atoms with E-state index in [0.29, 0.717) is 11.6 Å². The Bertz CT molecular complexity index is 532. The molecule has 2 N–H and O–H groups in total. The summed E-state index contributed by atoms with van der Waals surface area (Å²) in [5, 5.41) is 6.19. The minimum atomic E-state index is -0.512. The fraction of sp³-hybridized carbons (Fsp3) is 0.611. The van der Waals surface area contributed by atoms with Gasteiger partial charge in [0.1, 0.15) is 11.4 Å². The number of anilines is 1. The second kappa shape index (κ2) is 7.68. The number of carbonyl (C=O) groups excluding carboxylic acids is 1. The van der Waals surface area contributed by atoms with Crippen LogP contribution in [0.25, 0.3) is 0 Å². The van der Waals surface area contributed by atoms with Gasteiger partial charge in [-0.25, -0.2) is 4.79 Å². The zero-order valence-electron chi connectivity index (χ0n) is 14.6. The van der Waals surface area contributed by atoms with E-state index in [1.54, 1.807) is 7.11 Å². The third-order valence-electron chi connectivity index (χ3n) is 3.84. The number of hydrogen-bond acceptors (Lipinski definition) is 4. The van der Waals surface area contributed by atoms with E-state index in [1.165, 1.54) is 18.4 Å². The van der Waals surface area contributed by atoms with Crippen LogP contribution < -0.4 is 15.4 Å². The van der Waals surface area contributed by atoms with E-state index in [9.17, 15) is 4.79 Å². The Morgan fingerprint density at radius 1 is 1.39 bits per heavy atom. The summed E-state index contributed by atoms with van der Waals surface area (Å²) in [6.07, 6.45) is 3.01. The van der Waals surface area contributed by atoms with Crippen molar-refractivity contribution in [1.29, 1.82) is 0 Å². The molecule has 1 saturated heterocycles. The molecule has 1 unspecified atom stereocenters. The standard InChI is InChI=1S/C18H28N2O3/c1-18(2,3)23-17(21)20-15-8-7-14(16(11-15)22-4)10-13-6-5-9-19-12-13/h7-8,11,13,19H,5-6,9-10,12H2,1-4H3,(H,20,21). The summed E-state index contributed by atoms with van der Waals surface area (Å²) < 4.78 is 10.8. The van der Waals surface area contributed by atoms with Crippen molar-refractivity contribution in [3.05, 3.63) is 23.8 Å². The first-order valence-electron chi connectivity index (χ1n) is 8.25. The third kappa shape index (κ3) is 5.75. The molecule has 128 valence electrons. The summed E-state index contributed by atoms with van der Waals surface area (Å²) >= 11 is 0. The molecule has 1 atom stereocenters. The Morgan fingerprint density at radius 2 is 2.17 bits per heavy atom. The first-order chi connectivity index (χ1) is 10.9. The van der Waals surface area contributed by atoms with Gasteiger partial charge in [0.2, 0.25) is 0 Å². The molecule has 1 aliphatic heterocycles. The molecule has 23 heavy (non-hydrogen) atoms. The van der Waals surface area contributed by atoms with E-state index in [1.807, 2.05) is 39.0 Å². The highest BCUT2D eigenvalue weighted by molar-refractivity contribution is 5.85. The van der Waals surface area contributed by atoms with E-state index >= 15 is 0 Å². The van der Waals surface area contributed by atoms with Crippen LogP contribution in [0.1, 0.15) is 39.2 Å². The van der Waals surface area contributed by atoms with Crippen molar-refractivity contribution in [2.75, 3.05) is 25.5 Å². The van der Waals surface area contributed by atoms with Crippen LogP contribution >= 0.6 is 0 Å². The van der Waals surface area contributed by atoms with Gasteiger partial charge in [0.25, 0.3) is 0 Å². The van der Waals surface area contributed by atoms with Gasteiger partial charge in [-0.3, -0.25) is 5.32 Å². The number of piperidine rings is 1. The van der Waals surface area contributed by atoms with Crippen LogP contribution in [0.5, 0.6) is 5.75 Å². The Balaban J connectivity index is 2.02. The molecule has 0 saturated carbocycles. The number of carbonyl (C=O) groups is 1. The number of benzene rings is 1. The van der Waals surface area contributed by atoms with Crippen molar-refractivity contribution >= 4 is 11.8 Å². The highest BCUT2D eigenvalue weighted by atomic mass is 16.6. The zero-order chi connectivity index (χ0) is 16.9. The average Bonchev–Trinajstić information content (AvgIpc) is 2.48. The third-order valence-corrected chi connectivity index (χ3v) is 3.84. The summed E-state index contributed by atoms with van der Waals surface area (Å²) in [6, 6.07) is 5.79. The molecule has 0 spiro atoms. The number of nitrogens with one attached hydrogen (secondary N) is 2. The molecule has 5 heteroatoms. The molecule has 1 fully saturated rings. The van der Waals surface area contributed by atoms with Gasteiger partial charge in [-0.2, -0.15) is 0 Å². The van der Waals surface area contributed by atoms with E-state index in [0.717, 1.165) is 25.3 Å². The lowest BCUT2D eigenvalue weighted by molar-refractivity contribution is 0.0636. The Kier molecular flexibility index (Phi) is 5.88. The highest BCUT2D eigenvalue weighted by Crippen LogP contribution is 2.27. The summed E-state index contributed by atoms with van der Waals surface area (Å²) in [7, 11) is 1.66. The minimum Gasteiger partial charge on any atom is -0.496 e. The normalized spacial score (nSPS) is 18.3. The largest absolute Gasteiger partial charge is 0.496 e. The van der Waals surface area contributed by atoms with Gasteiger partial charge < -0.3 is 14.8 Å². The molecular weight excluding hydrogens is 292 g/mol. The van der Waals surface area contributed by atoms with E-state index < -0.39 is 11.7 Å². The molecule has 1 heterocycles. The molecule has 0 aromatic heterocycles. The van der Waals surface area contributed by atoms with Crippen LogP contribution in [-0.4, -0.2) is 31.9 Å². The summed E-state index contributed by atoms with van der Waals surface area (Å²) in [4.78, 5) is 11.8. The molecule has 1 aliphatic rings. The smallest absolute Gasteiger partial charge is 0.412 e. The maximum atomic E-state index is 11.8. The van der Waals surface area contributed by atoms with Gasteiger partial charge in [-0.1, -0.05) is 6.07 Å².